The Morgan fingerprint density at radius 2 is 2.08 bits per heavy atom. The first kappa shape index (κ1) is 17.7. The van der Waals surface area contributed by atoms with E-state index in [9.17, 15) is 18.8 Å². The Bertz CT molecular complexity index is 632. The molecule has 0 spiro atoms. The van der Waals surface area contributed by atoms with Crippen molar-refractivity contribution in [3.05, 3.63) is 35.6 Å². The maximum absolute atomic E-state index is 13.3. The standard InChI is InChI=1S/C16H21FN4O3/c1-16(2,11-4-3-5-12(17)8-11)10-20-14(23)18-6-7-21-13(22)9-19-15(21)24/h3-5,8H,6-7,9-10H2,1-2H3,(H,19,24)(H2,18,20,23). The van der Waals surface area contributed by atoms with Crippen LogP contribution in [0.25, 0.3) is 0 Å². The van der Waals surface area contributed by atoms with Crippen molar-refractivity contribution in [2.24, 2.45) is 0 Å². The molecule has 8 heteroatoms. The van der Waals surface area contributed by atoms with Gasteiger partial charge in [-0.3, -0.25) is 9.69 Å². The molecule has 0 bridgehead atoms. The number of carbonyl (C=O) groups excluding carboxylic acids is 3. The van der Waals surface area contributed by atoms with Gasteiger partial charge in [0.25, 0.3) is 0 Å². The molecule has 0 radical (unpaired) electrons. The lowest BCUT2D eigenvalue weighted by molar-refractivity contribution is -0.124. The van der Waals surface area contributed by atoms with E-state index in [0.29, 0.717) is 6.54 Å². The first-order valence-electron chi connectivity index (χ1n) is 7.65. The summed E-state index contributed by atoms with van der Waals surface area (Å²) in [6, 6.07) is 5.39. The maximum Gasteiger partial charge on any atom is 0.324 e. The summed E-state index contributed by atoms with van der Waals surface area (Å²) in [4.78, 5) is 35.6. The molecule has 0 unspecified atom stereocenters. The van der Waals surface area contributed by atoms with Gasteiger partial charge >= 0.3 is 12.1 Å². The highest BCUT2D eigenvalue weighted by Crippen LogP contribution is 2.22. The quantitative estimate of drug-likeness (QED) is 0.676. The normalized spacial score (nSPS) is 14.5. The monoisotopic (exact) mass is 336 g/mol. The molecule has 24 heavy (non-hydrogen) atoms. The maximum atomic E-state index is 13.3. The lowest BCUT2D eigenvalue weighted by atomic mass is 9.84. The van der Waals surface area contributed by atoms with Crippen molar-refractivity contribution in [1.29, 1.82) is 0 Å². The Kier molecular flexibility index (Phi) is 5.38. The smallest absolute Gasteiger partial charge is 0.324 e. The molecule has 0 aliphatic carbocycles. The molecule has 7 nitrogen and oxygen atoms in total. The average molecular weight is 336 g/mol. The molecule has 0 aromatic heterocycles. The topological polar surface area (TPSA) is 90.5 Å². The van der Waals surface area contributed by atoms with Crippen molar-refractivity contribution in [3.8, 4) is 0 Å². The Balaban J connectivity index is 1.76. The zero-order chi connectivity index (χ0) is 17.7. The number of hydrogen-bond acceptors (Lipinski definition) is 3. The van der Waals surface area contributed by atoms with Crippen LogP contribution in [0.4, 0.5) is 14.0 Å². The van der Waals surface area contributed by atoms with Crippen molar-refractivity contribution in [2.75, 3.05) is 26.2 Å². The predicted molar refractivity (Wildman–Crippen MR) is 85.9 cm³/mol. The van der Waals surface area contributed by atoms with E-state index in [-0.39, 0.29) is 31.4 Å². The SMILES string of the molecule is CC(C)(CNC(=O)NCCN1C(=O)CNC1=O)c1cccc(F)c1. The molecule has 5 amide bonds. The Hall–Kier alpha value is -2.64. The number of carbonyl (C=O) groups is 3. The first-order chi connectivity index (χ1) is 11.3. The van der Waals surface area contributed by atoms with Gasteiger partial charge < -0.3 is 16.0 Å². The van der Waals surface area contributed by atoms with E-state index in [4.69, 9.17) is 0 Å². The third kappa shape index (κ3) is 4.43. The summed E-state index contributed by atoms with van der Waals surface area (Å²) in [5, 5.41) is 7.70. The number of hydrogen-bond donors (Lipinski definition) is 3. The highest BCUT2D eigenvalue weighted by atomic mass is 19.1. The number of halogens is 1. The van der Waals surface area contributed by atoms with E-state index in [1.54, 1.807) is 12.1 Å². The molecule has 1 aromatic carbocycles. The fourth-order valence-corrected chi connectivity index (χ4v) is 2.34. The third-order valence-electron chi connectivity index (χ3n) is 3.85. The number of nitrogens with zero attached hydrogens (tertiary/aromatic N) is 1. The molecule has 1 aliphatic rings. The highest BCUT2D eigenvalue weighted by molar-refractivity contribution is 6.01. The highest BCUT2D eigenvalue weighted by Gasteiger charge is 2.28. The second-order valence-corrected chi connectivity index (χ2v) is 6.21. The number of nitrogens with one attached hydrogen (secondary N) is 3. The lowest BCUT2D eigenvalue weighted by Gasteiger charge is -2.26. The number of rotatable bonds is 6. The predicted octanol–water partition coefficient (Wildman–Crippen LogP) is 0.954. The number of urea groups is 2. The third-order valence-corrected chi connectivity index (χ3v) is 3.85. The minimum Gasteiger partial charge on any atom is -0.337 e. The Morgan fingerprint density at radius 1 is 1.33 bits per heavy atom. The van der Waals surface area contributed by atoms with Crippen LogP contribution in [0.1, 0.15) is 19.4 Å². The van der Waals surface area contributed by atoms with Crippen LogP contribution in [0.2, 0.25) is 0 Å². The summed E-state index contributed by atoms with van der Waals surface area (Å²) in [5.41, 5.74) is 0.340. The van der Waals surface area contributed by atoms with Crippen LogP contribution in [-0.2, 0) is 10.2 Å². The van der Waals surface area contributed by atoms with Gasteiger partial charge in [-0.05, 0) is 17.7 Å². The van der Waals surface area contributed by atoms with Crippen LogP contribution >= 0.6 is 0 Å². The van der Waals surface area contributed by atoms with Gasteiger partial charge in [-0.1, -0.05) is 26.0 Å². The van der Waals surface area contributed by atoms with Crippen LogP contribution < -0.4 is 16.0 Å². The van der Waals surface area contributed by atoms with E-state index in [0.717, 1.165) is 10.5 Å². The van der Waals surface area contributed by atoms with Gasteiger partial charge in [0.15, 0.2) is 0 Å². The summed E-state index contributed by atoms with van der Waals surface area (Å²) in [6.07, 6.45) is 0. The van der Waals surface area contributed by atoms with E-state index in [1.165, 1.54) is 12.1 Å². The van der Waals surface area contributed by atoms with Crippen LogP contribution in [0, 0.1) is 5.82 Å². The van der Waals surface area contributed by atoms with E-state index >= 15 is 0 Å². The van der Waals surface area contributed by atoms with Gasteiger partial charge in [0.1, 0.15) is 5.82 Å². The van der Waals surface area contributed by atoms with Gasteiger partial charge in [0.05, 0.1) is 6.54 Å². The molecular formula is C16H21FN4O3. The zero-order valence-corrected chi connectivity index (χ0v) is 13.7. The summed E-state index contributed by atoms with van der Waals surface area (Å²) >= 11 is 0. The largest absolute Gasteiger partial charge is 0.337 e. The van der Waals surface area contributed by atoms with Gasteiger partial charge in [-0.15, -0.1) is 0 Å². The van der Waals surface area contributed by atoms with E-state index < -0.39 is 17.5 Å². The Labute approximate surface area is 139 Å². The van der Waals surface area contributed by atoms with Crippen LogP contribution in [0.5, 0.6) is 0 Å². The fourth-order valence-electron chi connectivity index (χ4n) is 2.34. The molecule has 0 atom stereocenters. The Morgan fingerprint density at radius 3 is 2.71 bits per heavy atom. The second-order valence-electron chi connectivity index (χ2n) is 6.21. The van der Waals surface area contributed by atoms with Crippen LogP contribution in [0.3, 0.4) is 0 Å². The molecule has 0 saturated carbocycles. The van der Waals surface area contributed by atoms with Crippen LogP contribution in [0.15, 0.2) is 24.3 Å². The van der Waals surface area contributed by atoms with Gasteiger partial charge in [-0.25, -0.2) is 14.0 Å². The van der Waals surface area contributed by atoms with Crippen molar-refractivity contribution in [2.45, 2.75) is 19.3 Å². The van der Waals surface area contributed by atoms with E-state index in [1.807, 2.05) is 13.8 Å². The molecular weight excluding hydrogens is 315 g/mol. The van der Waals surface area contributed by atoms with Gasteiger partial charge in [-0.2, -0.15) is 0 Å². The minimum atomic E-state index is -0.450. The van der Waals surface area contributed by atoms with Crippen LogP contribution in [-0.4, -0.2) is 49.0 Å². The van der Waals surface area contributed by atoms with Gasteiger partial charge in [0.2, 0.25) is 5.91 Å². The molecule has 3 N–H and O–H groups in total. The number of benzene rings is 1. The number of amides is 5. The van der Waals surface area contributed by atoms with Crippen molar-refractivity contribution < 1.29 is 18.8 Å². The molecule has 1 aliphatic heterocycles. The average Bonchev–Trinajstić information content (AvgIpc) is 2.85. The number of imide groups is 1. The summed E-state index contributed by atoms with van der Waals surface area (Å²) in [5.74, 6) is -0.631. The molecule has 1 fully saturated rings. The van der Waals surface area contributed by atoms with Crippen molar-refractivity contribution in [1.82, 2.24) is 20.9 Å². The lowest BCUT2D eigenvalue weighted by Crippen LogP contribution is -2.45. The molecule has 1 aromatic rings. The zero-order valence-electron chi connectivity index (χ0n) is 13.7. The summed E-state index contributed by atoms with van der Waals surface area (Å²) in [7, 11) is 0. The van der Waals surface area contributed by atoms with Crippen molar-refractivity contribution in [3.63, 3.8) is 0 Å². The summed E-state index contributed by atoms with van der Waals surface area (Å²) in [6.45, 7) is 4.37. The summed E-state index contributed by atoms with van der Waals surface area (Å²) < 4.78 is 13.3. The van der Waals surface area contributed by atoms with Gasteiger partial charge in [0, 0.05) is 25.0 Å². The van der Waals surface area contributed by atoms with E-state index in [2.05, 4.69) is 16.0 Å². The molecule has 1 heterocycles. The second kappa shape index (κ2) is 7.29. The molecule has 1 saturated heterocycles. The first-order valence-corrected chi connectivity index (χ1v) is 7.65. The minimum absolute atomic E-state index is 0.00709. The fraction of sp³-hybridized carbons (Fsp3) is 0.438. The molecule has 130 valence electrons. The van der Waals surface area contributed by atoms with Crippen molar-refractivity contribution >= 4 is 18.0 Å². The molecule has 2 rings (SSSR count).